The van der Waals surface area contributed by atoms with E-state index >= 15 is 0 Å². The van der Waals surface area contributed by atoms with Crippen molar-refractivity contribution >= 4 is 28.7 Å². The normalized spacial score (nSPS) is 11.5. The highest BCUT2D eigenvalue weighted by Crippen LogP contribution is 2.37. The van der Waals surface area contributed by atoms with E-state index in [1.165, 1.54) is 0 Å². The molecule has 0 saturated carbocycles. The quantitative estimate of drug-likeness (QED) is 0.470. The van der Waals surface area contributed by atoms with Gasteiger partial charge in [0.1, 0.15) is 22.9 Å². The number of nitrogens with zero attached hydrogens (tertiary/aromatic N) is 7. The molecule has 30 heavy (non-hydrogen) atoms. The number of hydrogen-bond donors (Lipinski definition) is 1. The monoisotopic (exact) mass is 408 g/mol. The third kappa shape index (κ3) is 4.45. The number of anilines is 1. The topological polar surface area (TPSA) is 90.9 Å². The molecule has 1 N–H and O–H groups in total. The molecule has 0 radical (unpaired) electrons. The Bertz CT molecular complexity index is 1100. The predicted octanol–water partition coefficient (Wildman–Crippen LogP) is 4.77. The lowest BCUT2D eigenvalue weighted by molar-refractivity contribution is -0.657. The first-order valence-corrected chi connectivity index (χ1v) is 9.33. The number of ether oxygens (including phenoxy) is 1. The van der Waals surface area contributed by atoms with Gasteiger partial charge in [-0.3, -0.25) is 0 Å². The van der Waals surface area contributed by atoms with Gasteiger partial charge >= 0.3 is 5.95 Å². The van der Waals surface area contributed by atoms with Gasteiger partial charge in [-0.05, 0) is 30.7 Å². The van der Waals surface area contributed by atoms with E-state index in [-0.39, 0.29) is 5.75 Å². The molecule has 3 aromatic rings. The standard InChI is InChI=1S/C21H25N7O2/c1-14-11-18(24-25-21-27(4)9-10-28(21)5)20(30-6)13-17(14)23-22-16-8-7-15(26(2)3)12-19(16)29/h7-13H,1-6H3/p+1. The number of aryl methyl sites for hydroxylation is 3. The minimum atomic E-state index is 0.0652. The van der Waals surface area contributed by atoms with Gasteiger partial charge < -0.3 is 14.7 Å². The Hall–Kier alpha value is -3.75. The van der Waals surface area contributed by atoms with Crippen molar-refractivity contribution < 1.29 is 14.4 Å². The molecule has 0 aliphatic heterocycles. The van der Waals surface area contributed by atoms with Crippen LogP contribution in [0.2, 0.25) is 0 Å². The SMILES string of the molecule is COc1cc(N=Nc2ccc(N(C)C)cc2O)c(C)cc1N=Nc1n(C)cc[n+]1C. The summed E-state index contributed by atoms with van der Waals surface area (Å²) >= 11 is 0. The molecule has 0 saturated heterocycles. The van der Waals surface area contributed by atoms with Crippen molar-refractivity contribution in [3.63, 3.8) is 0 Å². The molecule has 1 heterocycles. The van der Waals surface area contributed by atoms with Gasteiger partial charge in [-0.2, -0.15) is 5.11 Å². The molecule has 2 aromatic carbocycles. The number of methoxy groups -OCH3 is 1. The molecule has 0 unspecified atom stereocenters. The van der Waals surface area contributed by atoms with Crippen LogP contribution in [0.1, 0.15) is 5.56 Å². The largest absolute Gasteiger partial charge is 0.506 e. The second-order valence-corrected chi connectivity index (χ2v) is 7.10. The summed E-state index contributed by atoms with van der Waals surface area (Å²) < 4.78 is 9.21. The molecule has 9 heteroatoms. The summed E-state index contributed by atoms with van der Waals surface area (Å²) in [5, 5.41) is 27.3. The molecule has 0 bridgehead atoms. The van der Waals surface area contributed by atoms with Crippen LogP contribution in [0.5, 0.6) is 11.5 Å². The first kappa shape index (κ1) is 21.0. The van der Waals surface area contributed by atoms with E-state index in [0.29, 0.717) is 28.8 Å². The fraction of sp³-hybridized carbons (Fsp3) is 0.286. The number of imidazole rings is 1. The van der Waals surface area contributed by atoms with Gasteiger partial charge in [0.2, 0.25) is 0 Å². The Balaban J connectivity index is 1.90. The molecule has 0 fully saturated rings. The van der Waals surface area contributed by atoms with Crippen LogP contribution in [0.25, 0.3) is 0 Å². The van der Waals surface area contributed by atoms with Gasteiger partial charge in [-0.25, -0.2) is 9.13 Å². The van der Waals surface area contributed by atoms with E-state index in [4.69, 9.17) is 4.74 Å². The number of aromatic hydroxyl groups is 1. The zero-order valence-corrected chi connectivity index (χ0v) is 18.0. The molecule has 3 rings (SSSR count). The fourth-order valence-corrected chi connectivity index (χ4v) is 2.82. The van der Waals surface area contributed by atoms with Crippen molar-refractivity contribution in [2.24, 2.45) is 34.6 Å². The van der Waals surface area contributed by atoms with Crippen LogP contribution < -0.4 is 14.2 Å². The van der Waals surface area contributed by atoms with Gasteiger partial charge in [0, 0.05) is 37.0 Å². The predicted molar refractivity (Wildman–Crippen MR) is 115 cm³/mol. The van der Waals surface area contributed by atoms with E-state index in [1.54, 1.807) is 25.3 Å². The van der Waals surface area contributed by atoms with Gasteiger partial charge in [0.25, 0.3) is 0 Å². The summed E-state index contributed by atoms with van der Waals surface area (Å²) in [6.07, 6.45) is 3.81. The summed E-state index contributed by atoms with van der Waals surface area (Å²) in [4.78, 5) is 1.90. The van der Waals surface area contributed by atoms with E-state index in [9.17, 15) is 5.11 Å². The molecular weight excluding hydrogens is 382 g/mol. The summed E-state index contributed by atoms with van der Waals surface area (Å²) in [6.45, 7) is 1.91. The van der Waals surface area contributed by atoms with Crippen LogP contribution >= 0.6 is 0 Å². The van der Waals surface area contributed by atoms with Crippen molar-refractivity contribution in [3.05, 3.63) is 48.3 Å². The Morgan fingerprint density at radius 3 is 2.30 bits per heavy atom. The van der Waals surface area contributed by atoms with Gasteiger partial charge in [-0.15, -0.1) is 5.11 Å². The second kappa shape index (κ2) is 8.73. The van der Waals surface area contributed by atoms with Crippen molar-refractivity contribution in [2.45, 2.75) is 6.92 Å². The Morgan fingerprint density at radius 2 is 1.70 bits per heavy atom. The smallest absolute Gasteiger partial charge is 0.421 e. The Morgan fingerprint density at radius 1 is 1.00 bits per heavy atom. The molecule has 1 aromatic heterocycles. The first-order valence-electron chi connectivity index (χ1n) is 9.33. The number of hydrogen-bond acceptors (Lipinski definition) is 7. The summed E-state index contributed by atoms with van der Waals surface area (Å²) in [5.74, 6) is 1.30. The number of aromatic nitrogens is 2. The van der Waals surface area contributed by atoms with Gasteiger partial charge in [0.05, 0.1) is 39.3 Å². The lowest BCUT2D eigenvalue weighted by Crippen LogP contribution is -2.25. The minimum absolute atomic E-state index is 0.0652. The summed E-state index contributed by atoms with van der Waals surface area (Å²) in [7, 11) is 9.19. The van der Waals surface area contributed by atoms with Crippen LogP contribution in [0.3, 0.4) is 0 Å². The van der Waals surface area contributed by atoms with Crippen molar-refractivity contribution in [1.82, 2.24) is 4.57 Å². The number of phenols is 1. The molecule has 0 spiro atoms. The average molecular weight is 408 g/mol. The van der Waals surface area contributed by atoms with Crippen LogP contribution in [0.4, 0.5) is 28.7 Å². The highest BCUT2D eigenvalue weighted by atomic mass is 16.5. The minimum Gasteiger partial charge on any atom is -0.506 e. The van der Waals surface area contributed by atoms with Gasteiger partial charge in [-0.1, -0.05) is 5.11 Å². The van der Waals surface area contributed by atoms with E-state index in [1.807, 2.05) is 73.7 Å². The first-order chi connectivity index (χ1) is 14.3. The maximum atomic E-state index is 10.2. The molecule has 0 atom stereocenters. The lowest BCUT2D eigenvalue weighted by Gasteiger charge is -2.12. The van der Waals surface area contributed by atoms with Gasteiger partial charge in [0.15, 0.2) is 0 Å². The van der Waals surface area contributed by atoms with Crippen molar-refractivity contribution in [3.8, 4) is 11.5 Å². The van der Waals surface area contributed by atoms with Crippen LogP contribution in [0, 0.1) is 6.92 Å². The average Bonchev–Trinajstić information content (AvgIpc) is 3.03. The highest BCUT2D eigenvalue weighted by Gasteiger charge is 2.13. The fourth-order valence-electron chi connectivity index (χ4n) is 2.82. The van der Waals surface area contributed by atoms with E-state index in [0.717, 1.165) is 11.3 Å². The van der Waals surface area contributed by atoms with Crippen LogP contribution in [-0.4, -0.2) is 30.9 Å². The van der Waals surface area contributed by atoms with E-state index < -0.39 is 0 Å². The highest BCUT2D eigenvalue weighted by molar-refractivity contribution is 5.64. The lowest BCUT2D eigenvalue weighted by atomic mass is 10.1. The molecule has 9 nitrogen and oxygen atoms in total. The summed E-state index contributed by atoms with van der Waals surface area (Å²) in [5.41, 5.74) is 3.33. The van der Waals surface area contributed by atoms with Crippen LogP contribution in [0.15, 0.2) is 63.2 Å². The molecular formula is C21H26N7O2+. The Kier molecular flexibility index (Phi) is 6.10. The maximum absolute atomic E-state index is 10.2. The van der Waals surface area contributed by atoms with Crippen LogP contribution in [-0.2, 0) is 14.1 Å². The zero-order valence-electron chi connectivity index (χ0n) is 18.0. The number of azo groups is 2. The van der Waals surface area contributed by atoms with Crippen molar-refractivity contribution in [2.75, 3.05) is 26.1 Å². The second-order valence-electron chi connectivity index (χ2n) is 7.10. The molecule has 0 amide bonds. The zero-order chi connectivity index (χ0) is 21.8. The maximum Gasteiger partial charge on any atom is 0.421 e. The Labute approximate surface area is 175 Å². The molecule has 0 aliphatic rings. The molecule has 0 aliphatic carbocycles. The number of benzene rings is 2. The third-order valence-corrected chi connectivity index (χ3v) is 4.63. The summed E-state index contributed by atoms with van der Waals surface area (Å²) in [6, 6.07) is 8.84. The molecule has 156 valence electrons. The number of rotatable bonds is 6. The van der Waals surface area contributed by atoms with E-state index in [2.05, 4.69) is 20.5 Å². The van der Waals surface area contributed by atoms with Crippen molar-refractivity contribution in [1.29, 1.82) is 0 Å². The number of phenolic OH excluding ortho intramolecular Hbond substituents is 1. The third-order valence-electron chi connectivity index (χ3n) is 4.63.